The predicted octanol–water partition coefficient (Wildman–Crippen LogP) is 0.569. The fourth-order valence-corrected chi connectivity index (χ4v) is 5.81. The molecule has 5 rings (SSSR count). The van der Waals surface area contributed by atoms with Crippen LogP contribution in [0.2, 0.25) is 0 Å². The molecule has 2 aromatic heterocycles. The van der Waals surface area contributed by atoms with Gasteiger partial charge in [-0.1, -0.05) is 0 Å². The molecule has 1 aliphatic carbocycles. The monoisotopic (exact) mass is 555 g/mol. The van der Waals surface area contributed by atoms with Gasteiger partial charge < -0.3 is 21.3 Å². The summed E-state index contributed by atoms with van der Waals surface area (Å²) in [5, 5.41) is 13.7. The second-order valence-corrected chi connectivity index (χ2v) is 10.8. The number of thioether (sulfide) groups is 1. The van der Waals surface area contributed by atoms with E-state index in [1.54, 1.807) is 11.6 Å². The van der Waals surface area contributed by atoms with Crippen LogP contribution in [0, 0.1) is 11.8 Å². The number of nitrogens with two attached hydrogens (primary N) is 1. The van der Waals surface area contributed by atoms with Crippen LogP contribution >= 0.6 is 11.8 Å². The predicted molar refractivity (Wildman–Crippen MR) is 136 cm³/mol. The summed E-state index contributed by atoms with van der Waals surface area (Å²) in [5.74, 6) is 1.13. The SMILES string of the molecule is C[C@H](Nc1c(N)n(C)c(=O)n(CC(F)(F)F)c1=O)C(=O)NC1=CSC(c2cnn(N3CC4CC4C3)c2)N1C. The van der Waals surface area contributed by atoms with E-state index in [-0.39, 0.29) is 15.8 Å². The van der Waals surface area contributed by atoms with Gasteiger partial charge in [0, 0.05) is 38.2 Å². The molecule has 1 amide bonds. The maximum Gasteiger partial charge on any atom is 0.406 e. The number of alkyl halides is 3. The number of piperidine rings is 1. The number of anilines is 2. The molecule has 0 bridgehead atoms. The summed E-state index contributed by atoms with van der Waals surface area (Å²) in [5.41, 5.74) is 3.86. The molecule has 2 fully saturated rings. The van der Waals surface area contributed by atoms with Crippen LogP contribution in [-0.4, -0.2) is 62.2 Å². The van der Waals surface area contributed by atoms with Crippen molar-refractivity contribution < 1.29 is 18.0 Å². The first-order valence-electron chi connectivity index (χ1n) is 12.0. The molecule has 38 heavy (non-hydrogen) atoms. The number of hydrogen-bond acceptors (Lipinski definition) is 9. The third-order valence-electron chi connectivity index (χ3n) is 7.10. The number of fused-ring (bicyclic) bond motifs is 1. The van der Waals surface area contributed by atoms with E-state index < -0.39 is 41.6 Å². The number of carbonyl (C=O) groups excluding carboxylic acids is 1. The number of halogens is 3. The fraction of sp³-hybridized carbons (Fsp3) is 0.545. The summed E-state index contributed by atoms with van der Waals surface area (Å²) < 4.78 is 39.5. The van der Waals surface area contributed by atoms with E-state index in [4.69, 9.17) is 5.73 Å². The molecule has 2 aromatic rings. The average Bonchev–Trinajstić information content (AvgIpc) is 3.21. The summed E-state index contributed by atoms with van der Waals surface area (Å²) in [7, 11) is 2.96. The fourth-order valence-electron chi connectivity index (χ4n) is 4.75. The summed E-state index contributed by atoms with van der Waals surface area (Å²) in [6, 6.07) is -1.07. The van der Waals surface area contributed by atoms with Gasteiger partial charge in [0.25, 0.3) is 5.56 Å². The Hall–Kier alpha value is -3.56. The first-order valence-corrected chi connectivity index (χ1v) is 12.9. The average molecular weight is 556 g/mol. The van der Waals surface area contributed by atoms with E-state index in [2.05, 4.69) is 20.7 Å². The Kier molecular flexibility index (Phi) is 6.39. The topological polar surface area (TPSA) is 135 Å². The van der Waals surface area contributed by atoms with Gasteiger partial charge in [-0.25, -0.2) is 9.36 Å². The molecular formula is C22H28F3N9O3S. The van der Waals surface area contributed by atoms with Gasteiger partial charge in [0.05, 0.1) is 12.4 Å². The summed E-state index contributed by atoms with van der Waals surface area (Å²) >= 11 is 1.49. The zero-order valence-corrected chi connectivity index (χ0v) is 21.7. The van der Waals surface area contributed by atoms with Gasteiger partial charge in [-0.05, 0) is 25.2 Å². The zero-order valence-electron chi connectivity index (χ0n) is 20.9. The van der Waals surface area contributed by atoms with Gasteiger partial charge in [-0.3, -0.25) is 19.2 Å². The molecule has 0 radical (unpaired) electrons. The van der Waals surface area contributed by atoms with Crippen molar-refractivity contribution >= 4 is 29.2 Å². The number of aromatic nitrogens is 4. The van der Waals surface area contributed by atoms with Gasteiger partial charge >= 0.3 is 11.9 Å². The molecule has 3 unspecified atom stereocenters. The van der Waals surface area contributed by atoms with Crippen molar-refractivity contribution in [3.05, 3.63) is 50.0 Å². The quantitative estimate of drug-likeness (QED) is 0.448. The highest BCUT2D eigenvalue weighted by Gasteiger charge is 2.45. The maximum absolute atomic E-state index is 12.9. The van der Waals surface area contributed by atoms with Crippen molar-refractivity contribution in [2.24, 2.45) is 18.9 Å². The first kappa shape index (κ1) is 26.1. The lowest BCUT2D eigenvalue weighted by Crippen LogP contribution is -2.46. The Morgan fingerprint density at radius 2 is 1.95 bits per heavy atom. The molecule has 0 spiro atoms. The van der Waals surface area contributed by atoms with E-state index in [0.29, 0.717) is 5.82 Å². The number of carbonyl (C=O) groups is 1. The highest BCUT2D eigenvalue weighted by Crippen LogP contribution is 2.44. The van der Waals surface area contributed by atoms with Crippen LogP contribution in [-0.2, 0) is 18.4 Å². The van der Waals surface area contributed by atoms with Gasteiger partial charge in [0.2, 0.25) is 5.91 Å². The highest BCUT2D eigenvalue weighted by molar-refractivity contribution is 8.02. The highest BCUT2D eigenvalue weighted by atomic mass is 32.2. The van der Waals surface area contributed by atoms with Crippen molar-refractivity contribution in [3.63, 3.8) is 0 Å². The van der Waals surface area contributed by atoms with Crippen molar-refractivity contribution in [1.29, 1.82) is 0 Å². The van der Waals surface area contributed by atoms with Crippen molar-refractivity contribution in [3.8, 4) is 0 Å². The lowest BCUT2D eigenvalue weighted by molar-refractivity contribution is -0.142. The normalized spacial score (nSPS) is 23.3. The van der Waals surface area contributed by atoms with Crippen molar-refractivity contribution in [2.75, 3.05) is 36.2 Å². The second kappa shape index (κ2) is 9.32. The minimum Gasteiger partial charge on any atom is -0.383 e. The second-order valence-electron chi connectivity index (χ2n) is 9.89. The lowest BCUT2D eigenvalue weighted by atomic mass is 10.3. The Bertz CT molecular complexity index is 1410. The largest absolute Gasteiger partial charge is 0.406 e. The third-order valence-corrected chi connectivity index (χ3v) is 8.31. The maximum atomic E-state index is 12.9. The van der Waals surface area contributed by atoms with Gasteiger partial charge in [-0.15, -0.1) is 11.8 Å². The molecule has 4 heterocycles. The number of nitrogen functional groups attached to an aromatic ring is 1. The van der Waals surface area contributed by atoms with E-state index in [1.807, 2.05) is 22.9 Å². The molecule has 1 saturated carbocycles. The summed E-state index contributed by atoms with van der Waals surface area (Å²) in [4.78, 5) is 41.5. The van der Waals surface area contributed by atoms with Crippen molar-refractivity contribution in [1.82, 2.24) is 29.2 Å². The number of nitrogens with zero attached hydrogens (tertiary/aromatic N) is 6. The first-order chi connectivity index (χ1) is 17.8. The van der Waals surface area contributed by atoms with Gasteiger partial charge in [0.1, 0.15) is 35.3 Å². The molecule has 206 valence electrons. The van der Waals surface area contributed by atoms with Crippen LogP contribution in [0.5, 0.6) is 0 Å². The number of amides is 1. The summed E-state index contributed by atoms with van der Waals surface area (Å²) in [6.07, 6.45) is 0.279. The van der Waals surface area contributed by atoms with Crippen LogP contribution in [0.15, 0.2) is 33.2 Å². The summed E-state index contributed by atoms with van der Waals surface area (Å²) in [6.45, 7) is 1.66. The molecule has 16 heteroatoms. The van der Waals surface area contributed by atoms with Crippen LogP contribution < -0.4 is 32.6 Å². The van der Waals surface area contributed by atoms with Crippen LogP contribution in [0.1, 0.15) is 24.3 Å². The molecule has 3 aliphatic rings. The molecular weight excluding hydrogens is 527 g/mol. The Morgan fingerprint density at radius 3 is 2.61 bits per heavy atom. The Morgan fingerprint density at radius 1 is 1.26 bits per heavy atom. The van der Waals surface area contributed by atoms with Crippen LogP contribution in [0.3, 0.4) is 0 Å². The third kappa shape index (κ3) is 4.83. The van der Waals surface area contributed by atoms with E-state index >= 15 is 0 Å². The van der Waals surface area contributed by atoms with E-state index in [9.17, 15) is 27.6 Å². The minimum absolute atomic E-state index is 0.0310. The molecule has 1 saturated heterocycles. The molecule has 12 nitrogen and oxygen atoms in total. The Balaban J connectivity index is 1.24. The minimum atomic E-state index is -4.80. The van der Waals surface area contributed by atoms with E-state index in [1.165, 1.54) is 25.1 Å². The number of rotatable bonds is 7. The van der Waals surface area contributed by atoms with Crippen LogP contribution in [0.25, 0.3) is 0 Å². The number of nitrogens with one attached hydrogen (secondary N) is 2. The number of hydrogen-bond donors (Lipinski definition) is 3. The molecule has 0 aromatic carbocycles. The van der Waals surface area contributed by atoms with E-state index in [0.717, 1.165) is 42.1 Å². The van der Waals surface area contributed by atoms with Gasteiger partial charge in [-0.2, -0.15) is 23.1 Å². The lowest BCUT2D eigenvalue weighted by Gasteiger charge is -2.25. The molecule has 4 atom stereocenters. The smallest absolute Gasteiger partial charge is 0.383 e. The van der Waals surface area contributed by atoms with Gasteiger partial charge in [0.15, 0.2) is 0 Å². The Labute approximate surface area is 219 Å². The molecule has 4 N–H and O–H groups in total. The molecule has 2 aliphatic heterocycles. The zero-order chi connectivity index (χ0) is 27.5. The van der Waals surface area contributed by atoms with Crippen LogP contribution in [0.4, 0.5) is 24.7 Å². The van der Waals surface area contributed by atoms with Crippen molar-refractivity contribution in [2.45, 2.75) is 37.5 Å². The standard InChI is InChI=1S/C22H28F3N9O3S/c1-11(28-16-17(26)31(3)21(37)33(19(16)36)10-22(23,24)25)18(35)29-15-9-38-20(30(15)2)14-5-27-34(8-14)32-6-12-4-13(12)7-32/h5,8-9,11-13,20,28H,4,6-7,10,26H2,1-3H3,(H,29,35)/t11-,12?,13?,20?/m0/s1.